The van der Waals surface area contributed by atoms with Crippen LogP contribution < -0.4 is 4.90 Å². The second kappa shape index (κ2) is 6.92. The minimum atomic E-state index is -0.0928. The van der Waals surface area contributed by atoms with Crippen LogP contribution in [0.15, 0.2) is 30.5 Å². The Hall–Kier alpha value is -2.07. The fourth-order valence-electron chi connectivity index (χ4n) is 3.24. The Balaban J connectivity index is 1.88. The zero-order valence-electron chi connectivity index (χ0n) is 16.1. The molecule has 1 aromatic carbocycles. The molecule has 4 nitrogen and oxygen atoms in total. The average molecular weight is 372 g/mol. The number of carbonyl (C=O) groups is 1. The van der Waals surface area contributed by atoms with Crippen LogP contribution in [0.5, 0.6) is 0 Å². The molecule has 0 radical (unpaired) electrons. The van der Waals surface area contributed by atoms with Crippen LogP contribution in [0.3, 0.4) is 0 Å². The van der Waals surface area contributed by atoms with Crippen LogP contribution >= 0.6 is 11.6 Å². The Morgan fingerprint density at radius 1 is 1.19 bits per heavy atom. The van der Waals surface area contributed by atoms with Gasteiger partial charge in [-0.3, -0.25) is 4.79 Å². The quantitative estimate of drug-likeness (QED) is 0.789. The molecule has 26 heavy (non-hydrogen) atoms. The van der Waals surface area contributed by atoms with E-state index in [9.17, 15) is 4.79 Å². The highest BCUT2D eigenvalue weighted by molar-refractivity contribution is 6.33. The zero-order valence-corrected chi connectivity index (χ0v) is 16.9. The molecular weight excluding hydrogens is 346 g/mol. The molecule has 0 fully saturated rings. The normalized spacial score (nSPS) is 14.2. The molecule has 0 aliphatic carbocycles. The van der Waals surface area contributed by atoms with Crippen molar-refractivity contribution in [1.29, 1.82) is 0 Å². The van der Waals surface area contributed by atoms with E-state index in [0.29, 0.717) is 10.6 Å². The van der Waals surface area contributed by atoms with Crippen LogP contribution in [0.25, 0.3) is 0 Å². The van der Waals surface area contributed by atoms with Gasteiger partial charge >= 0.3 is 0 Å². The number of halogens is 1. The molecule has 0 bridgehead atoms. The largest absolute Gasteiger partial charge is 0.351 e. The van der Waals surface area contributed by atoms with Crippen molar-refractivity contribution >= 4 is 23.3 Å². The third-order valence-corrected chi connectivity index (χ3v) is 5.14. The fourth-order valence-corrected chi connectivity index (χ4v) is 3.53. The lowest BCUT2D eigenvalue weighted by atomic mass is 9.84. The van der Waals surface area contributed by atoms with E-state index in [2.05, 4.69) is 48.9 Å². The van der Waals surface area contributed by atoms with Gasteiger partial charge in [0.1, 0.15) is 5.82 Å². The van der Waals surface area contributed by atoms with E-state index in [1.165, 1.54) is 21.6 Å². The molecule has 0 unspecified atom stereocenters. The number of rotatable bonds is 2. The summed E-state index contributed by atoms with van der Waals surface area (Å²) in [5.74, 6) is 0.651. The first-order chi connectivity index (χ1) is 12.2. The van der Waals surface area contributed by atoms with Crippen molar-refractivity contribution in [1.82, 2.24) is 9.88 Å². The summed E-state index contributed by atoms with van der Waals surface area (Å²) in [5.41, 5.74) is 4.70. The average Bonchev–Trinajstić information content (AvgIpc) is 2.59. The van der Waals surface area contributed by atoms with Crippen molar-refractivity contribution in [2.75, 3.05) is 25.5 Å². The first-order valence-corrected chi connectivity index (χ1v) is 9.29. The lowest BCUT2D eigenvalue weighted by Crippen LogP contribution is -2.32. The minimum absolute atomic E-state index is 0.0928. The lowest BCUT2D eigenvalue weighted by molar-refractivity contribution is 0.0827. The van der Waals surface area contributed by atoms with E-state index in [1.807, 2.05) is 0 Å². The molecule has 0 saturated carbocycles. The summed E-state index contributed by atoms with van der Waals surface area (Å²) in [4.78, 5) is 20.3. The third kappa shape index (κ3) is 3.70. The Labute approximate surface area is 160 Å². The maximum absolute atomic E-state index is 12.1. The summed E-state index contributed by atoms with van der Waals surface area (Å²) < 4.78 is 0. The highest BCUT2D eigenvalue weighted by Gasteiger charge is 2.23. The van der Waals surface area contributed by atoms with Crippen molar-refractivity contribution in [3.63, 3.8) is 0 Å². The van der Waals surface area contributed by atoms with Gasteiger partial charge in [-0.25, -0.2) is 4.98 Å². The summed E-state index contributed by atoms with van der Waals surface area (Å²) in [7, 11) is 3.44. The van der Waals surface area contributed by atoms with E-state index in [4.69, 9.17) is 11.6 Å². The molecule has 1 aliphatic rings. The van der Waals surface area contributed by atoms with Crippen LogP contribution in [0, 0.1) is 0 Å². The summed E-state index contributed by atoms with van der Waals surface area (Å²) >= 11 is 6.47. The standard InChI is InChI=1S/C21H26ClN3O/c1-21(2,3)17-7-6-14-8-9-25(13-16(14)10-17)19-18(22)11-15(12-23-19)20(26)24(4)5/h6-7,10-12H,8-9,13H2,1-5H3. The first-order valence-electron chi connectivity index (χ1n) is 8.91. The van der Waals surface area contributed by atoms with E-state index >= 15 is 0 Å². The monoisotopic (exact) mass is 371 g/mol. The zero-order chi connectivity index (χ0) is 19.1. The van der Waals surface area contributed by atoms with Gasteiger partial charge in [0.2, 0.25) is 0 Å². The SMILES string of the molecule is CN(C)C(=O)c1cnc(N2CCc3ccc(C(C)(C)C)cc3C2)c(Cl)c1. The number of pyridine rings is 1. The van der Waals surface area contributed by atoms with Gasteiger partial charge in [0, 0.05) is 33.4 Å². The number of hydrogen-bond acceptors (Lipinski definition) is 3. The third-order valence-electron chi connectivity index (χ3n) is 4.86. The van der Waals surface area contributed by atoms with Gasteiger partial charge in [-0.15, -0.1) is 0 Å². The van der Waals surface area contributed by atoms with Crippen molar-refractivity contribution < 1.29 is 4.79 Å². The highest BCUT2D eigenvalue weighted by Crippen LogP contribution is 2.32. The minimum Gasteiger partial charge on any atom is -0.351 e. The topological polar surface area (TPSA) is 36.4 Å². The Morgan fingerprint density at radius 2 is 1.92 bits per heavy atom. The summed E-state index contributed by atoms with van der Waals surface area (Å²) in [6.07, 6.45) is 2.58. The van der Waals surface area contributed by atoms with Gasteiger partial charge in [-0.1, -0.05) is 50.6 Å². The molecule has 2 aromatic rings. The highest BCUT2D eigenvalue weighted by atomic mass is 35.5. The second-order valence-electron chi connectivity index (χ2n) is 8.13. The van der Waals surface area contributed by atoms with Crippen molar-refractivity contribution in [3.05, 3.63) is 57.7 Å². The molecule has 0 N–H and O–H groups in total. The number of benzene rings is 1. The maximum Gasteiger partial charge on any atom is 0.254 e. The molecule has 2 heterocycles. The molecule has 0 saturated heterocycles. The van der Waals surface area contributed by atoms with E-state index in [1.54, 1.807) is 26.4 Å². The smallest absolute Gasteiger partial charge is 0.254 e. The number of fused-ring (bicyclic) bond motifs is 1. The molecule has 3 rings (SSSR count). The Bertz CT molecular complexity index is 840. The molecule has 1 amide bonds. The molecule has 5 heteroatoms. The number of anilines is 1. The van der Waals surface area contributed by atoms with Gasteiger partial charge in [0.05, 0.1) is 10.6 Å². The number of aromatic nitrogens is 1. The van der Waals surface area contributed by atoms with Gasteiger partial charge in [-0.05, 0) is 34.6 Å². The predicted molar refractivity (Wildman–Crippen MR) is 107 cm³/mol. The number of amides is 1. The first kappa shape index (κ1) is 18.7. The maximum atomic E-state index is 12.1. The Morgan fingerprint density at radius 3 is 2.54 bits per heavy atom. The molecule has 1 aliphatic heterocycles. The van der Waals surface area contributed by atoms with Crippen molar-refractivity contribution in [3.8, 4) is 0 Å². The van der Waals surface area contributed by atoms with Gasteiger partial charge in [0.15, 0.2) is 0 Å². The van der Waals surface area contributed by atoms with Gasteiger partial charge in [-0.2, -0.15) is 0 Å². The molecule has 138 valence electrons. The van der Waals surface area contributed by atoms with Crippen LogP contribution in [-0.4, -0.2) is 36.4 Å². The van der Waals surface area contributed by atoms with Gasteiger partial charge < -0.3 is 9.80 Å². The number of nitrogens with zero attached hydrogens (tertiary/aromatic N) is 3. The molecule has 1 aromatic heterocycles. The summed E-state index contributed by atoms with van der Waals surface area (Å²) in [5, 5.41) is 0.521. The lowest BCUT2D eigenvalue weighted by Gasteiger charge is -2.32. The van der Waals surface area contributed by atoms with Crippen LogP contribution in [0.1, 0.15) is 47.8 Å². The van der Waals surface area contributed by atoms with E-state index < -0.39 is 0 Å². The van der Waals surface area contributed by atoms with Crippen molar-refractivity contribution in [2.24, 2.45) is 0 Å². The van der Waals surface area contributed by atoms with Crippen molar-refractivity contribution in [2.45, 2.75) is 39.2 Å². The van der Waals surface area contributed by atoms with E-state index in [0.717, 1.165) is 25.3 Å². The second-order valence-corrected chi connectivity index (χ2v) is 8.54. The van der Waals surface area contributed by atoms with Gasteiger partial charge in [0.25, 0.3) is 5.91 Å². The summed E-state index contributed by atoms with van der Waals surface area (Å²) in [6, 6.07) is 8.51. The van der Waals surface area contributed by atoms with Crippen LogP contribution in [-0.2, 0) is 18.4 Å². The Kier molecular flexibility index (Phi) is 4.98. The fraction of sp³-hybridized carbons (Fsp3) is 0.429. The molecule has 0 spiro atoms. The van der Waals surface area contributed by atoms with E-state index in [-0.39, 0.29) is 11.3 Å². The molecular formula is C21H26ClN3O. The number of hydrogen-bond donors (Lipinski definition) is 0. The van der Waals surface area contributed by atoms with Crippen LogP contribution in [0.4, 0.5) is 5.82 Å². The summed E-state index contributed by atoms with van der Waals surface area (Å²) in [6.45, 7) is 8.35. The van der Waals surface area contributed by atoms with Crippen LogP contribution in [0.2, 0.25) is 5.02 Å². The predicted octanol–water partition coefficient (Wildman–Crippen LogP) is 4.30. The molecule has 0 atom stereocenters. The number of carbonyl (C=O) groups excluding carboxylic acids is 1.